The molecular formula is C17H23N3O2. The Hall–Kier alpha value is -1.88. The van der Waals surface area contributed by atoms with Gasteiger partial charge in [0.2, 0.25) is 0 Å². The van der Waals surface area contributed by atoms with E-state index < -0.39 is 6.10 Å². The second-order valence-corrected chi connectivity index (χ2v) is 6.35. The summed E-state index contributed by atoms with van der Waals surface area (Å²) in [6.45, 7) is 3.32. The normalized spacial score (nSPS) is 19.0. The number of aliphatic hydroxyl groups is 1. The number of hydrogen-bond donors (Lipinski definition) is 1. The van der Waals surface area contributed by atoms with Crippen LogP contribution in [0.2, 0.25) is 0 Å². The summed E-state index contributed by atoms with van der Waals surface area (Å²) in [5.74, 6) is 0.334. The molecule has 0 saturated heterocycles. The topological polar surface area (TPSA) is 56.1 Å². The lowest BCUT2D eigenvalue weighted by molar-refractivity contribution is 0.0645. The van der Waals surface area contributed by atoms with Crippen LogP contribution in [0.3, 0.4) is 0 Å². The predicted molar refractivity (Wildman–Crippen MR) is 87.2 cm³/mol. The molecule has 1 atom stereocenters. The van der Waals surface area contributed by atoms with E-state index >= 15 is 0 Å². The first-order valence-electron chi connectivity index (χ1n) is 7.90. The van der Waals surface area contributed by atoms with Gasteiger partial charge in [-0.1, -0.05) is 0 Å². The molecule has 1 unspecified atom stereocenters. The van der Waals surface area contributed by atoms with E-state index in [-0.39, 0.29) is 5.91 Å². The van der Waals surface area contributed by atoms with Crippen LogP contribution in [0.4, 0.5) is 5.69 Å². The number of carbonyl (C=O) groups excluding carboxylic acids is 1. The van der Waals surface area contributed by atoms with Gasteiger partial charge in [-0.2, -0.15) is 5.10 Å². The Labute approximate surface area is 131 Å². The van der Waals surface area contributed by atoms with Gasteiger partial charge < -0.3 is 10.0 Å². The molecule has 0 spiro atoms. The van der Waals surface area contributed by atoms with Gasteiger partial charge in [0, 0.05) is 37.8 Å². The Bertz CT molecular complexity index is 578. The van der Waals surface area contributed by atoms with E-state index in [2.05, 4.69) is 5.10 Å². The summed E-state index contributed by atoms with van der Waals surface area (Å²) in [6.07, 6.45) is 2.75. The van der Waals surface area contributed by atoms with Gasteiger partial charge in [0.15, 0.2) is 0 Å². The first kappa shape index (κ1) is 15.0. The Morgan fingerprint density at radius 3 is 2.64 bits per heavy atom. The molecule has 0 radical (unpaired) electrons. The zero-order valence-electron chi connectivity index (χ0n) is 13.2. The number of likely N-dealkylation sites (N-methyl/N-ethyl adjacent to an activating group) is 1. The SMILES string of the molecule is CC1=NN(c2ccc(C(=O)N(C)CC(O)C3CC3)cc2)CC1. The van der Waals surface area contributed by atoms with E-state index in [4.69, 9.17) is 0 Å². The molecule has 2 aliphatic rings. The second kappa shape index (κ2) is 6.08. The maximum atomic E-state index is 12.4. The average molecular weight is 301 g/mol. The lowest BCUT2D eigenvalue weighted by Gasteiger charge is -2.21. The predicted octanol–water partition coefficient (Wildman–Crippen LogP) is 2.12. The number of anilines is 1. The molecule has 0 bridgehead atoms. The summed E-state index contributed by atoms with van der Waals surface area (Å²) in [6, 6.07) is 7.53. The summed E-state index contributed by atoms with van der Waals surface area (Å²) in [4.78, 5) is 14.0. The van der Waals surface area contributed by atoms with Gasteiger partial charge in [0.1, 0.15) is 0 Å². The Kier molecular flexibility index (Phi) is 4.16. The number of carbonyl (C=O) groups is 1. The number of hydrazone groups is 1. The fourth-order valence-corrected chi connectivity index (χ4v) is 2.75. The van der Waals surface area contributed by atoms with E-state index in [0.717, 1.165) is 37.2 Å². The van der Waals surface area contributed by atoms with Gasteiger partial charge in [0.05, 0.1) is 11.8 Å². The molecule has 1 heterocycles. The van der Waals surface area contributed by atoms with Crippen LogP contribution in [0.25, 0.3) is 0 Å². The molecule has 118 valence electrons. The van der Waals surface area contributed by atoms with Crippen molar-refractivity contribution in [3.8, 4) is 0 Å². The molecule has 3 rings (SSSR count). The standard InChI is InChI=1S/C17H23N3O2/c1-12-9-10-20(18-12)15-7-5-14(6-8-15)17(22)19(2)11-16(21)13-3-4-13/h5-8,13,16,21H,3-4,9-11H2,1-2H3. The maximum Gasteiger partial charge on any atom is 0.253 e. The van der Waals surface area contributed by atoms with Crippen molar-refractivity contribution in [1.82, 2.24) is 4.90 Å². The van der Waals surface area contributed by atoms with Crippen LogP contribution in [-0.4, -0.2) is 47.9 Å². The van der Waals surface area contributed by atoms with Crippen molar-refractivity contribution in [2.24, 2.45) is 11.0 Å². The van der Waals surface area contributed by atoms with E-state index in [1.54, 1.807) is 11.9 Å². The summed E-state index contributed by atoms with van der Waals surface area (Å²) in [5.41, 5.74) is 2.79. The van der Waals surface area contributed by atoms with Crippen molar-refractivity contribution in [3.63, 3.8) is 0 Å². The molecule has 1 fully saturated rings. The van der Waals surface area contributed by atoms with Gasteiger partial charge in [0.25, 0.3) is 5.91 Å². The molecule has 1 aliphatic heterocycles. The number of nitrogens with zero attached hydrogens (tertiary/aromatic N) is 3. The van der Waals surface area contributed by atoms with Crippen molar-refractivity contribution in [1.29, 1.82) is 0 Å². The highest BCUT2D eigenvalue weighted by Gasteiger charge is 2.31. The summed E-state index contributed by atoms with van der Waals surface area (Å²) < 4.78 is 0. The van der Waals surface area contributed by atoms with Crippen molar-refractivity contribution in [2.75, 3.05) is 25.1 Å². The third kappa shape index (κ3) is 3.30. The van der Waals surface area contributed by atoms with Crippen molar-refractivity contribution < 1.29 is 9.90 Å². The average Bonchev–Trinajstić information content (AvgIpc) is 3.28. The highest BCUT2D eigenvalue weighted by atomic mass is 16.3. The van der Waals surface area contributed by atoms with Crippen LogP contribution in [0.1, 0.15) is 36.5 Å². The molecule has 1 aromatic rings. The third-order valence-corrected chi connectivity index (χ3v) is 4.36. The molecule has 5 heteroatoms. The first-order chi connectivity index (χ1) is 10.5. The van der Waals surface area contributed by atoms with Crippen LogP contribution in [0.5, 0.6) is 0 Å². The lowest BCUT2D eigenvalue weighted by Crippen LogP contribution is -2.35. The van der Waals surface area contributed by atoms with Crippen LogP contribution in [-0.2, 0) is 0 Å². The number of rotatable bonds is 5. The third-order valence-electron chi connectivity index (χ3n) is 4.36. The van der Waals surface area contributed by atoms with Gasteiger partial charge in [-0.15, -0.1) is 0 Å². The van der Waals surface area contributed by atoms with Crippen LogP contribution in [0, 0.1) is 5.92 Å². The molecule has 1 saturated carbocycles. The van der Waals surface area contributed by atoms with Crippen LogP contribution >= 0.6 is 0 Å². The molecule has 1 amide bonds. The van der Waals surface area contributed by atoms with Crippen LogP contribution in [0.15, 0.2) is 29.4 Å². The zero-order valence-corrected chi connectivity index (χ0v) is 13.2. The number of aliphatic hydroxyl groups excluding tert-OH is 1. The van der Waals surface area contributed by atoms with Gasteiger partial charge >= 0.3 is 0 Å². The minimum absolute atomic E-state index is 0.0487. The summed E-state index contributed by atoms with van der Waals surface area (Å²) >= 11 is 0. The molecule has 1 N–H and O–H groups in total. The van der Waals surface area contributed by atoms with E-state index in [1.165, 1.54) is 0 Å². The van der Waals surface area contributed by atoms with Gasteiger partial charge in [-0.25, -0.2) is 0 Å². The number of benzene rings is 1. The van der Waals surface area contributed by atoms with Crippen LogP contribution < -0.4 is 5.01 Å². The molecule has 1 aromatic carbocycles. The Morgan fingerprint density at radius 1 is 1.41 bits per heavy atom. The van der Waals surface area contributed by atoms with Gasteiger partial charge in [-0.3, -0.25) is 9.80 Å². The number of amides is 1. The quantitative estimate of drug-likeness (QED) is 0.906. The molecule has 5 nitrogen and oxygen atoms in total. The largest absolute Gasteiger partial charge is 0.391 e. The van der Waals surface area contributed by atoms with E-state index in [0.29, 0.717) is 18.0 Å². The van der Waals surface area contributed by atoms with Crippen molar-refractivity contribution >= 4 is 17.3 Å². The Morgan fingerprint density at radius 2 is 2.09 bits per heavy atom. The highest BCUT2D eigenvalue weighted by Crippen LogP contribution is 2.32. The molecule has 0 aromatic heterocycles. The van der Waals surface area contributed by atoms with Crippen molar-refractivity contribution in [2.45, 2.75) is 32.3 Å². The Balaban J connectivity index is 1.62. The fraction of sp³-hybridized carbons (Fsp3) is 0.529. The molecular weight excluding hydrogens is 278 g/mol. The van der Waals surface area contributed by atoms with Crippen molar-refractivity contribution in [3.05, 3.63) is 29.8 Å². The van der Waals surface area contributed by atoms with E-state index in [9.17, 15) is 9.90 Å². The lowest BCUT2D eigenvalue weighted by atomic mass is 10.1. The van der Waals surface area contributed by atoms with Gasteiger partial charge in [-0.05, 0) is 49.9 Å². The monoisotopic (exact) mass is 301 g/mol. The smallest absolute Gasteiger partial charge is 0.253 e. The fourth-order valence-electron chi connectivity index (χ4n) is 2.75. The zero-order chi connectivity index (χ0) is 15.7. The molecule has 1 aliphatic carbocycles. The minimum Gasteiger partial charge on any atom is -0.391 e. The first-order valence-corrected chi connectivity index (χ1v) is 7.90. The second-order valence-electron chi connectivity index (χ2n) is 6.35. The minimum atomic E-state index is -0.393. The summed E-state index contributed by atoms with van der Waals surface area (Å²) in [7, 11) is 1.75. The van der Waals surface area contributed by atoms with E-state index in [1.807, 2.05) is 36.2 Å². The summed E-state index contributed by atoms with van der Waals surface area (Å²) in [5, 5.41) is 16.4. The highest BCUT2D eigenvalue weighted by molar-refractivity contribution is 5.94. The number of hydrogen-bond acceptors (Lipinski definition) is 4. The maximum absolute atomic E-state index is 12.4. The molecule has 22 heavy (non-hydrogen) atoms.